The van der Waals surface area contributed by atoms with Crippen molar-refractivity contribution >= 4 is 6.16 Å². The van der Waals surface area contributed by atoms with Crippen LogP contribution in [0.2, 0.25) is 0 Å². The van der Waals surface area contributed by atoms with Gasteiger partial charge in [-0.15, -0.1) is 0 Å². The lowest BCUT2D eigenvalue weighted by molar-refractivity contribution is -0.376. The lowest BCUT2D eigenvalue weighted by Crippen LogP contribution is -2.52. The van der Waals surface area contributed by atoms with E-state index in [1.54, 1.807) is 0 Å². The first-order chi connectivity index (χ1) is 6.04. The van der Waals surface area contributed by atoms with E-state index < -0.39 is 6.16 Å². The van der Waals surface area contributed by atoms with Crippen molar-refractivity contribution in [1.82, 2.24) is 0 Å². The molecule has 4 heteroatoms. The Morgan fingerprint density at radius 3 is 2.23 bits per heavy atom. The Kier molecular flexibility index (Phi) is 12.7. The van der Waals surface area contributed by atoms with E-state index in [9.17, 15) is 9.90 Å². The second-order valence-corrected chi connectivity index (χ2v) is 3.13. The molecule has 0 saturated carbocycles. The largest absolute Gasteiger partial charge is 0.550 e. The van der Waals surface area contributed by atoms with E-state index >= 15 is 0 Å². The summed E-state index contributed by atoms with van der Waals surface area (Å²) in [7, 11) is 0. The van der Waals surface area contributed by atoms with Gasteiger partial charge in [0.25, 0.3) is 6.16 Å². The van der Waals surface area contributed by atoms with Crippen molar-refractivity contribution in [1.29, 1.82) is 0 Å². The Morgan fingerprint density at radius 1 is 1.54 bits per heavy atom. The molecule has 0 heterocycles. The molecule has 0 fully saturated rings. The minimum atomic E-state index is -1.43. The molecule has 0 spiro atoms. The van der Waals surface area contributed by atoms with Crippen LogP contribution in [0.25, 0.3) is 0 Å². The standard InChI is InChI=1S/C5H10O3.C4H11N/c1-2-3-4-8-5(6)7;1-4(2)3-5/h2-4H2,1H3,(H,6,7);4H,3,5H2,1-2H3. The fourth-order valence-electron chi connectivity index (χ4n) is 0.300. The van der Waals surface area contributed by atoms with Crippen LogP contribution in [-0.2, 0) is 4.74 Å². The highest BCUT2D eigenvalue weighted by molar-refractivity contribution is 5.53. The van der Waals surface area contributed by atoms with Gasteiger partial charge in [-0.2, -0.15) is 0 Å². The molecule has 13 heavy (non-hydrogen) atoms. The number of carbonyl (C=O) groups is 1. The van der Waals surface area contributed by atoms with Crippen molar-refractivity contribution in [2.45, 2.75) is 33.6 Å². The topological polar surface area (TPSA) is 77.0 Å². The summed E-state index contributed by atoms with van der Waals surface area (Å²) in [6.07, 6.45) is 0.278. The average Bonchev–Trinajstić information content (AvgIpc) is 2.05. The first-order valence-corrected chi connectivity index (χ1v) is 4.67. The maximum Gasteiger partial charge on any atom is 0.251 e. The highest BCUT2D eigenvalue weighted by atomic mass is 16.7. The smallest absolute Gasteiger partial charge is 0.251 e. The molecule has 0 aliphatic carbocycles. The van der Waals surface area contributed by atoms with Crippen molar-refractivity contribution in [3.05, 3.63) is 0 Å². The monoisotopic (exact) mass is 191 g/mol. The number of hydrogen-bond acceptors (Lipinski definition) is 3. The highest BCUT2D eigenvalue weighted by Gasteiger charge is 1.83. The van der Waals surface area contributed by atoms with Crippen LogP contribution in [0.4, 0.5) is 4.79 Å². The molecule has 0 saturated heterocycles. The van der Waals surface area contributed by atoms with Crippen molar-refractivity contribution in [2.24, 2.45) is 5.92 Å². The third kappa shape index (κ3) is 24.6. The third-order valence-corrected chi connectivity index (χ3v) is 1.30. The van der Waals surface area contributed by atoms with E-state index in [0.29, 0.717) is 0 Å². The van der Waals surface area contributed by atoms with Crippen molar-refractivity contribution in [2.75, 3.05) is 13.2 Å². The second-order valence-electron chi connectivity index (χ2n) is 3.13. The van der Waals surface area contributed by atoms with Gasteiger partial charge in [0.05, 0.1) is 6.54 Å². The van der Waals surface area contributed by atoms with Crippen LogP contribution in [0.3, 0.4) is 0 Å². The molecule has 0 aliphatic heterocycles. The maximum atomic E-state index is 9.54. The van der Waals surface area contributed by atoms with Gasteiger partial charge in [-0.05, 0) is 6.42 Å². The summed E-state index contributed by atoms with van der Waals surface area (Å²) in [5.74, 6) is 0.773. The summed E-state index contributed by atoms with van der Waals surface area (Å²) in [5.41, 5.74) is 3.69. The summed E-state index contributed by atoms with van der Waals surface area (Å²) < 4.78 is 4.09. The third-order valence-electron chi connectivity index (χ3n) is 1.30. The Balaban J connectivity index is 0. The molecule has 0 amide bonds. The quantitative estimate of drug-likeness (QED) is 0.503. The van der Waals surface area contributed by atoms with Gasteiger partial charge in [0, 0.05) is 12.5 Å². The average molecular weight is 191 g/mol. The fraction of sp³-hybridized carbons (Fsp3) is 0.889. The van der Waals surface area contributed by atoms with Crippen LogP contribution in [0.1, 0.15) is 33.6 Å². The Bertz CT molecular complexity index is 115. The molecule has 0 aromatic heterocycles. The van der Waals surface area contributed by atoms with Crippen LogP contribution in [-0.4, -0.2) is 19.3 Å². The molecule has 0 unspecified atom stereocenters. The number of carbonyl (C=O) groups excluding carboxylic acids is 1. The zero-order valence-electron chi connectivity index (χ0n) is 8.84. The molecule has 0 aromatic carbocycles. The lowest BCUT2D eigenvalue weighted by Gasteiger charge is -2.04. The predicted molar refractivity (Wildman–Crippen MR) is 48.8 cm³/mol. The van der Waals surface area contributed by atoms with E-state index in [1.807, 2.05) is 6.92 Å². The summed E-state index contributed by atoms with van der Waals surface area (Å²) in [6, 6.07) is 0. The number of quaternary nitrogens is 1. The number of unbranched alkanes of at least 4 members (excludes halogenated alkanes) is 1. The minimum Gasteiger partial charge on any atom is -0.550 e. The number of hydrogen-bond donors (Lipinski definition) is 1. The fourth-order valence-corrected chi connectivity index (χ4v) is 0.300. The minimum absolute atomic E-state index is 0.263. The molecular weight excluding hydrogens is 170 g/mol. The predicted octanol–water partition coefficient (Wildman–Crippen LogP) is 0.0307. The Morgan fingerprint density at radius 2 is 2.00 bits per heavy atom. The molecule has 0 aliphatic rings. The number of carboxylic acid groups (broad SMARTS) is 1. The first kappa shape index (κ1) is 14.7. The van der Waals surface area contributed by atoms with E-state index in [4.69, 9.17) is 0 Å². The second kappa shape index (κ2) is 11.2. The lowest BCUT2D eigenvalue weighted by atomic mass is 10.2. The van der Waals surface area contributed by atoms with E-state index in [2.05, 4.69) is 24.3 Å². The molecular formula is C9H21NO3. The van der Waals surface area contributed by atoms with Gasteiger partial charge < -0.3 is 20.4 Å². The van der Waals surface area contributed by atoms with Gasteiger partial charge in [0.15, 0.2) is 0 Å². The van der Waals surface area contributed by atoms with Crippen LogP contribution in [0.5, 0.6) is 0 Å². The van der Waals surface area contributed by atoms with Crippen LogP contribution < -0.4 is 10.8 Å². The normalized spacial score (nSPS) is 9.00. The van der Waals surface area contributed by atoms with Gasteiger partial charge in [-0.25, -0.2) is 0 Å². The zero-order valence-corrected chi connectivity index (χ0v) is 8.84. The SMILES string of the molecule is CC(C)C[NH3+].CCCCOC(=O)[O-]. The maximum absolute atomic E-state index is 9.54. The summed E-state index contributed by atoms with van der Waals surface area (Å²) >= 11 is 0. The van der Waals surface area contributed by atoms with Gasteiger partial charge in [0.2, 0.25) is 0 Å². The Hall–Kier alpha value is -0.770. The molecule has 0 atom stereocenters. The molecule has 0 aromatic rings. The summed E-state index contributed by atoms with van der Waals surface area (Å²) in [5, 5.41) is 9.54. The van der Waals surface area contributed by atoms with Gasteiger partial charge >= 0.3 is 0 Å². The van der Waals surface area contributed by atoms with Crippen molar-refractivity contribution in [3.8, 4) is 0 Å². The number of ether oxygens (including phenoxy) is 1. The van der Waals surface area contributed by atoms with Gasteiger partial charge in [-0.3, -0.25) is 0 Å². The van der Waals surface area contributed by atoms with Gasteiger partial charge in [0.1, 0.15) is 0 Å². The van der Waals surface area contributed by atoms with Crippen LogP contribution in [0.15, 0.2) is 0 Å². The molecule has 80 valence electrons. The van der Waals surface area contributed by atoms with Crippen molar-refractivity contribution < 1.29 is 20.4 Å². The van der Waals surface area contributed by atoms with E-state index in [0.717, 1.165) is 25.3 Å². The molecule has 0 rings (SSSR count). The van der Waals surface area contributed by atoms with Gasteiger partial charge in [-0.1, -0.05) is 27.2 Å². The first-order valence-electron chi connectivity index (χ1n) is 4.67. The van der Waals surface area contributed by atoms with Crippen LogP contribution >= 0.6 is 0 Å². The van der Waals surface area contributed by atoms with Crippen LogP contribution in [0, 0.1) is 5.92 Å². The highest BCUT2D eigenvalue weighted by Crippen LogP contribution is 1.85. The molecule has 0 radical (unpaired) electrons. The molecule has 4 nitrogen and oxygen atoms in total. The van der Waals surface area contributed by atoms with E-state index in [1.165, 1.54) is 0 Å². The van der Waals surface area contributed by atoms with Crippen molar-refractivity contribution in [3.63, 3.8) is 0 Å². The Labute approximate surface area is 80.1 Å². The zero-order chi connectivity index (χ0) is 10.7. The number of rotatable bonds is 4. The molecule has 3 N–H and O–H groups in total. The summed E-state index contributed by atoms with van der Waals surface area (Å²) in [6.45, 7) is 7.59. The summed E-state index contributed by atoms with van der Waals surface area (Å²) in [4.78, 5) is 9.54. The molecule has 0 bridgehead atoms. The van der Waals surface area contributed by atoms with E-state index in [-0.39, 0.29) is 6.61 Å².